The van der Waals surface area contributed by atoms with Crippen molar-refractivity contribution in [3.63, 3.8) is 0 Å². The molecule has 0 bridgehead atoms. The van der Waals surface area contributed by atoms with Crippen LogP contribution in [0.25, 0.3) is 0 Å². The third-order valence-corrected chi connectivity index (χ3v) is 3.27. The SMILES string of the molecule is CCC[C@@H](OC(C)=O)C1=C(Br)C(=C(C)C)OC1=O. The number of halogens is 1. The lowest BCUT2D eigenvalue weighted by atomic mass is 10.1. The van der Waals surface area contributed by atoms with E-state index in [1.807, 2.05) is 20.8 Å². The molecule has 0 saturated heterocycles. The maximum Gasteiger partial charge on any atom is 0.344 e. The molecule has 0 amide bonds. The van der Waals surface area contributed by atoms with Crippen molar-refractivity contribution in [3.8, 4) is 0 Å². The van der Waals surface area contributed by atoms with Crippen molar-refractivity contribution in [1.29, 1.82) is 0 Å². The minimum atomic E-state index is -0.550. The zero-order valence-electron chi connectivity index (χ0n) is 11.0. The predicted molar refractivity (Wildman–Crippen MR) is 70.9 cm³/mol. The van der Waals surface area contributed by atoms with Crippen LogP contribution in [0.4, 0.5) is 0 Å². The maximum absolute atomic E-state index is 11.9. The van der Waals surface area contributed by atoms with Crippen LogP contribution in [-0.2, 0) is 19.1 Å². The van der Waals surface area contributed by atoms with E-state index < -0.39 is 18.0 Å². The van der Waals surface area contributed by atoms with E-state index in [-0.39, 0.29) is 0 Å². The lowest BCUT2D eigenvalue weighted by Gasteiger charge is -2.15. The first-order valence-electron chi connectivity index (χ1n) is 5.85. The van der Waals surface area contributed by atoms with Gasteiger partial charge in [0.2, 0.25) is 0 Å². The van der Waals surface area contributed by atoms with Crippen molar-refractivity contribution in [2.45, 2.75) is 46.6 Å². The Morgan fingerprint density at radius 3 is 2.39 bits per heavy atom. The fraction of sp³-hybridized carbons (Fsp3) is 0.538. The van der Waals surface area contributed by atoms with Crippen LogP contribution < -0.4 is 0 Å². The highest BCUT2D eigenvalue weighted by atomic mass is 79.9. The number of cyclic esters (lactones) is 1. The highest BCUT2D eigenvalue weighted by molar-refractivity contribution is 9.12. The molecule has 1 atom stereocenters. The van der Waals surface area contributed by atoms with Crippen LogP contribution in [-0.4, -0.2) is 18.0 Å². The third-order valence-electron chi connectivity index (χ3n) is 2.49. The molecule has 0 radical (unpaired) electrons. The zero-order valence-corrected chi connectivity index (χ0v) is 12.6. The lowest BCUT2D eigenvalue weighted by Crippen LogP contribution is -2.22. The van der Waals surface area contributed by atoms with Crippen molar-refractivity contribution in [2.24, 2.45) is 0 Å². The Bertz CT molecular complexity index is 430. The summed E-state index contributed by atoms with van der Waals surface area (Å²) in [5.41, 5.74) is 1.28. The molecule has 0 aliphatic carbocycles. The Morgan fingerprint density at radius 1 is 1.39 bits per heavy atom. The highest BCUT2D eigenvalue weighted by Gasteiger charge is 2.35. The van der Waals surface area contributed by atoms with Crippen molar-refractivity contribution in [2.75, 3.05) is 0 Å². The smallest absolute Gasteiger partial charge is 0.344 e. The molecule has 0 saturated carbocycles. The minimum Gasteiger partial charge on any atom is -0.457 e. The molecular formula is C13H17BrO4. The number of hydrogen-bond donors (Lipinski definition) is 0. The largest absolute Gasteiger partial charge is 0.457 e. The van der Waals surface area contributed by atoms with Crippen LogP contribution >= 0.6 is 15.9 Å². The molecule has 1 aliphatic heterocycles. The van der Waals surface area contributed by atoms with E-state index in [1.54, 1.807) is 0 Å². The molecule has 4 nitrogen and oxygen atoms in total. The number of rotatable bonds is 4. The van der Waals surface area contributed by atoms with Crippen molar-refractivity contribution < 1.29 is 19.1 Å². The van der Waals surface area contributed by atoms with Crippen LogP contribution in [0.3, 0.4) is 0 Å². The van der Waals surface area contributed by atoms with Gasteiger partial charge in [0, 0.05) is 6.92 Å². The first-order chi connectivity index (χ1) is 8.38. The first-order valence-corrected chi connectivity index (χ1v) is 6.64. The molecule has 0 fully saturated rings. The van der Waals surface area contributed by atoms with E-state index in [4.69, 9.17) is 9.47 Å². The molecule has 18 heavy (non-hydrogen) atoms. The molecule has 100 valence electrons. The number of carbonyl (C=O) groups excluding carboxylic acids is 2. The molecule has 0 aromatic carbocycles. The summed E-state index contributed by atoms with van der Waals surface area (Å²) < 4.78 is 11.0. The van der Waals surface area contributed by atoms with E-state index >= 15 is 0 Å². The van der Waals surface area contributed by atoms with E-state index in [1.165, 1.54) is 6.92 Å². The van der Waals surface area contributed by atoms with Gasteiger partial charge in [-0.15, -0.1) is 0 Å². The van der Waals surface area contributed by atoms with Gasteiger partial charge in [0.25, 0.3) is 0 Å². The highest BCUT2D eigenvalue weighted by Crippen LogP contribution is 2.36. The Morgan fingerprint density at radius 2 is 2.00 bits per heavy atom. The number of allylic oxidation sites excluding steroid dienone is 2. The molecule has 0 aromatic heterocycles. The molecule has 0 N–H and O–H groups in total. The first kappa shape index (κ1) is 15.0. The van der Waals surface area contributed by atoms with Gasteiger partial charge < -0.3 is 9.47 Å². The molecule has 1 aliphatic rings. The van der Waals surface area contributed by atoms with Crippen molar-refractivity contribution >= 4 is 27.9 Å². The second-order valence-corrected chi connectivity index (χ2v) is 5.13. The molecular weight excluding hydrogens is 300 g/mol. The Hall–Kier alpha value is -1.10. The van der Waals surface area contributed by atoms with Crippen LogP contribution in [0, 0.1) is 0 Å². The molecule has 1 heterocycles. The van der Waals surface area contributed by atoms with Gasteiger partial charge in [0.05, 0.1) is 10.1 Å². The van der Waals surface area contributed by atoms with Crippen LogP contribution in [0.15, 0.2) is 21.4 Å². The summed E-state index contributed by atoms with van der Waals surface area (Å²) in [5, 5.41) is 0. The zero-order chi connectivity index (χ0) is 13.9. The van der Waals surface area contributed by atoms with Crippen LogP contribution in [0.2, 0.25) is 0 Å². The van der Waals surface area contributed by atoms with Crippen LogP contribution in [0.5, 0.6) is 0 Å². The summed E-state index contributed by atoms with van der Waals surface area (Å²) in [5.74, 6) is -0.333. The van der Waals surface area contributed by atoms with Gasteiger partial charge in [-0.2, -0.15) is 0 Å². The molecule has 0 spiro atoms. The number of ether oxygens (including phenoxy) is 2. The second-order valence-electron chi connectivity index (χ2n) is 4.33. The maximum atomic E-state index is 11.9. The van der Waals surface area contributed by atoms with Crippen molar-refractivity contribution in [1.82, 2.24) is 0 Å². The Labute approximate surface area is 115 Å². The number of esters is 2. The Balaban J connectivity index is 3.13. The summed E-state index contributed by atoms with van der Waals surface area (Å²) in [6.07, 6.45) is 0.847. The average Bonchev–Trinajstić information content (AvgIpc) is 2.53. The van der Waals surface area contributed by atoms with Gasteiger partial charge in [-0.05, 0) is 41.8 Å². The molecule has 0 unspecified atom stereocenters. The van der Waals surface area contributed by atoms with Crippen LogP contribution in [0.1, 0.15) is 40.5 Å². The lowest BCUT2D eigenvalue weighted by molar-refractivity contribution is -0.146. The topological polar surface area (TPSA) is 52.6 Å². The minimum absolute atomic E-state index is 0.392. The summed E-state index contributed by atoms with van der Waals surface area (Å²) in [7, 11) is 0. The summed E-state index contributed by atoms with van der Waals surface area (Å²) in [6.45, 7) is 7.01. The molecule has 0 aromatic rings. The van der Waals surface area contributed by atoms with E-state index in [0.29, 0.717) is 22.2 Å². The standard InChI is InChI=1S/C13H17BrO4/c1-5-6-9(17-8(4)15)10-11(14)12(7(2)3)18-13(10)16/h9H,5-6H2,1-4H3/t9-/m1/s1. The van der Waals surface area contributed by atoms with Gasteiger partial charge in [-0.25, -0.2) is 4.79 Å². The normalized spacial score (nSPS) is 16.7. The van der Waals surface area contributed by atoms with Gasteiger partial charge >= 0.3 is 11.9 Å². The van der Waals surface area contributed by atoms with Crippen molar-refractivity contribution in [3.05, 3.63) is 21.4 Å². The summed E-state index contributed by atoms with van der Waals surface area (Å²) in [6, 6.07) is 0. The van der Waals surface area contributed by atoms with Gasteiger partial charge in [0.1, 0.15) is 11.9 Å². The molecule has 1 rings (SSSR count). The second kappa shape index (κ2) is 6.18. The van der Waals surface area contributed by atoms with Gasteiger partial charge in [-0.3, -0.25) is 4.79 Å². The fourth-order valence-corrected chi connectivity index (χ4v) is 2.62. The third kappa shape index (κ3) is 3.22. The van der Waals surface area contributed by atoms with E-state index in [9.17, 15) is 9.59 Å². The molecule has 5 heteroatoms. The van der Waals surface area contributed by atoms with E-state index in [2.05, 4.69) is 15.9 Å². The predicted octanol–water partition coefficient (Wildman–Crippen LogP) is 3.22. The number of carbonyl (C=O) groups is 2. The quantitative estimate of drug-likeness (QED) is 0.747. The summed E-state index contributed by atoms with van der Waals surface area (Å²) >= 11 is 3.36. The van der Waals surface area contributed by atoms with Gasteiger partial charge in [-0.1, -0.05) is 13.3 Å². The average molecular weight is 317 g/mol. The fourth-order valence-electron chi connectivity index (χ4n) is 1.72. The van der Waals surface area contributed by atoms with E-state index in [0.717, 1.165) is 12.0 Å². The Kier molecular flexibility index (Phi) is 5.14. The monoisotopic (exact) mass is 316 g/mol. The van der Waals surface area contributed by atoms with Gasteiger partial charge in [0.15, 0.2) is 0 Å². The number of hydrogen-bond acceptors (Lipinski definition) is 4. The summed E-state index contributed by atoms with van der Waals surface area (Å²) in [4.78, 5) is 23.0.